The highest BCUT2D eigenvalue weighted by Crippen LogP contribution is 2.01. The van der Waals surface area contributed by atoms with Gasteiger partial charge in [0.05, 0.1) is 6.61 Å². The Labute approximate surface area is 94.0 Å². The second kappa shape index (κ2) is 10.4. The minimum atomic E-state index is 0.281. The zero-order valence-electron chi connectivity index (χ0n) is 10.3. The first-order valence-corrected chi connectivity index (χ1v) is 6.12. The summed E-state index contributed by atoms with van der Waals surface area (Å²) in [6.45, 7) is 11.4. The third-order valence-electron chi connectivity index (χ3n) is 2.56. The van der Waals surface area contributed by atoms with Crippen LogP contribution in [0.15, 0.2) is 0 Å². The van der Waals surface area contributed by atoms with Gasteiger partial charge in [-0.15, -0.1) is 0 Å². The second-order valence-corrected chi connectivity index (χ2v) is 3.55. The minimum absolute atomic E-state index is 0.281. The zero-order chi connectivity index (χ0) is 11.5. The molecule has 92 valence electrons. The van der Waals surface area contributed by atoms with Crippen molar-refractivity contribution in [2.24, 2.45) is 5.73 Å². The summed E-state index contributed by atoms with van der Waals surface area (Å²) in [5, 5.41) is 8.75. The first-order chi connectivity index (χ1) is 7.36. The van der Waals surface area contributed by atoms with Crippen LogP contribution in [0.1, 0.15) is 20.3 Å². The molecule has 1 saturated heterocycles. The fraction of sp³-hybridized carbons (Fsp3) is 1.00. The van der Waals surface area contributed by atoms with Gasteiger partial charge in [-0.3, -0.25) is 4.90 Å². The second-order valence-electron chi connectivity index (χ2n) is 3.55. The highest BCUT2D eigenvalue weighted by Gasteiger charge is 2.14. The molecule has 3 N–H and O–H groups in total. The van der Waals surface area contributed by atoms with E-state index in [9.17, 15) is 0 Å². The molecule has 4 nitrogen and oxygen atoms in total. The van der Waals surface area contributed by atoms with Crippen LogP contribution in [-0.2, 0) is 0 Å². The van der Waals surface area contributed by atoms with Crippen molar-refractivity contribution in [2.75, 3.05) is 52.4 Å². The van der Waals surface area contributed by atoms with Crippen molar-refractivity contribution in [1.29, 1.82) is 0 Å². The van der Waals surface area contributed by atoms with Crippen LogP contribution in [0.25, 0.3) is 0 Å². The van der Waals surface area contributed by atoms with E-state index in [1.165, 1.54) is 0 Å². The molecule has 0 radical (unpaired) electrons. The van der Waals surface area contributed by atoms with E-state index in [4.69, 9.17) is 10.8 Å². The van der Waals surface area contributed by atoms with Gasteiger partial charge in [0.1, 0.15) is 0 Å². The summed E-state index contributed by atoms with van der Waals surface area (Å²) < 4.78 is 0. The molecule has 15 heavy (non-hydrogen) atoms. The summed E-state index contributed by atoms with van der Waals surface area (Å²) in [6.07, 6.45) is 1.10. The zero-order valence-corrected chi connectivity index (χ0v) is 10.3. The fourth-order valence-corrected chi connectivity index (χ4v) is 1.69. The molecule has 0 aliphatic carbocycles. The number of hydrogen-bond acceptors (Lipinski definition) is 4. The van der Waals surface area contributed by atoms with Crippen LogP contribution in [0.4, 0.5) is 0 Å². The van der Waals surface area contributed by atoms with E-state index in [1.54, 1.807) is 0 Å². The predicted octanol–water partition coefficient (Wildman–Crippen LogP) is -0.0287. The monoisotopic (exact) mass is 217 g/mol. The standard InChI is InChI=1S/C9H21N3O.C2H6/c10-2-1-3-11-4-6-12(7-5-11)8-9-13;1-2/h13H,1-10H2;1-2H3. The molecule has 0 spiro atoms. The van der Waals surface area contributed by atoms with E-state index in [1.807, 2.05) is 13.8 Å². The Hall–Kier alpha value is -0.160. The van der Waals surface area contributed by atoms with Gasteiger partial charge in [-0.2, -0.15) is 0 Å². The van der Waals surface area contributed by atoms with Crippen molar-refractivity contribution < 1.29 is 5.11 Å². The van der Waals surface area contributed by atoms with Crippen LogP contribution < -0.4 is 5.73 Å². The van der Waals surface area contributed by atoms with E-state index in [2.05, 4.69) is 9.80 Å². The first-order valence-electron chi connectivity index (χ1n) is 6.12. The number of hydrogen-bond donors (Lipinski definition) is 2. The molecule has 0 bridgehead atoms. The van der Waals surface area contributed by atoms with Gasteiger partial charge in [-0.1, -0.05) is 13.8 Å². The van der Waals surface area contributed by atoms with Gasteiger partial charge in [0.2, 0.25) is 0 Å². The van der Waals surface area contributed by atoms with Gasteiger partial charge >= 0.3 is 0 Å². The van der Waals surface area contributed by atoms with Crippen molar-refractivity contribution in [2.45, 2.75) is 20.3 Å². The smallest absolute Gasteiger partial charge is 0.0558 e. The van der Waals surface area contributed by atoms with Crippen molar-refractivity contribution in [3.8, 4) is 0 Å². The van der Waals surface area contributed by atoms with Crippen LogP contribution >= 0.6 is 0 Å². The number of rotatable bonds is 5. The van der Waals surface area contributed by atoms with Crippen molar-refractivity contribution in [1.82, 2.24) is 9.80 Å². The van der Waals surface area contributed by atoms with Crippen molar-refractivity contribution in [3.63, 3.8) is 0 Å². The molecule has 0 unspecified atom stereocenters. The number of nitrogens with two attached hydrogens (primary N) is 1. The molecule has 1 heterocycles. The van der Waals surface area contributed by atoms with E-state index >= 15 is 0 Å². The molecule has 1 aliphatic rings. The molecular weight excluding hydrogens is 190 g/mol. The lowest BCUT2D eigenvalue weighted by Crippen LogP contribution is -2.47. The third kappa shape index (κ3) is 6.84. The van der Waals surface area contributed by atoms with Crippen LogP contribution in [0.3, 0.4) is 0 Å². The maximum absolute atomic E-state index is 8.75. The highest BCUT2D eigenvalue weighted by atomic mass is 16.3. The van der Waals surface area contributed by atoms with Crippen LogP contribution in [0.5, 0.6) is 0 Å². The van der Waals surface area contributed by atoms with E-state index in [-0.39, 0.29) is 6.61 Å². The molecule has 4 heteroatoms. The minimum Gasteiger partial charge on any atom is -0.395 e. The van der Waals surface area contributed by atoms with E-state index in [0.717, 1.165) is 52.2 Å². The number of aliphatic hydroxyl groups excluding tert-OH is 1. The summed E-state index contributed by atoms with van der Waals surface area (Å²) in [5.41, 5.74) is 5.45. The maximum atomic E-state index is 8.75. The van der Waals surface area contributed by atoms with Crippen molar-refractivity contribution >= 4 is 0 Å². The topological polar surface area (TPSA) is 52.7 Å². The quantitative estimate of drug-likeness (QED) is 0.679. The van der Waals surface area contributed by atoms with E-state index in [0.29, 0.717) is 0 Å². The lowest BCUT2D eigenvalue weighted by Gasteiger charge is -2.34. The van der Waals surface area contributed by atoms with Crippen LogP contribution in [0, 0.1) is 0 Å². The Morgan fingerprint density at radius 3 is 1.87 bits per heavy atom. The Morgan fingerprint density at radius 2 is 1.47 bits per heavy atom. The maximum Gasteiger partial charge on any atom is 0.0558 e. The number of β-amino-alcohol motifs (C(OH)–C–C–N with tert-alkyl or cyclic N) is 1. The third-order valence-corrected chi connectivity index (χ3v) is 2.56. The average molecular weight is 217 g/mol. The average Bonchev–Trinajstić information content (AvgIpc) is 2.31. The number of aliphatic hydroxyl groups is 1. The lowest BCUT2D eigenvalue weighted by molar-refractivity contribution is 0.112. The summed E-state index contributed by atoms with van der Waals surface area (Å²) in [4.78, 5) is 4.75. The molecule has 1 aliphatic heterocycles. The van der Waals surface area contributed by atoms with Gasteiger partial charge < -0.3 is 15.7 Å². The van der Waals surface area contributed by atoms with Gasteiger partial charge in [-0.25, -0.2) is 0 Å². The summed E-state index contributed by atoms with van der Waals surface area (Å²) in [7, 11) is 0. The van der Waals surface area contributed by atoms with Crippen LogP contribution in [0.2, 0.25) is 0 Å². The fourth-order valence-electron chi connectivity index (χ4n) is 1.69. The van der Waals surface area contributed by atoms with Crippen molar-refractivity contribution in [3.05, 3.63) is 0 Å². The van der Waals surface area contributed by atoms with Gasteiger partial charge in [-0.05, 0) is 19.5 Å². The Bertz CT molecular complexity index is 125. The molecule has 1 rings (SSSR count). The van der Waals surface area contributed by atoms with Gasteiger partial charge in [0.15, 0.2) is 0 Å². The summed E-state index contributed by atoms with van der Waals surface area (Å²) in [5.74, 6) is 0. The van der Waals surface area contributed by atoms with Crippen LogP contribution in [-0.4, -0.2) is 67.3 Å². The normalized spacial score (nSPS) is 18.4. The molecule has 0 aromatic carbocycles. The molecule has 1 fully saturated rings. The summed E-state index contributed by atoms with van der Waals surface area (Å²) in [6, 6.07) is 0. The number of piperazine rings is 1. The number of nitrogens with zero attached hydrogens (tertiary/aromatic N) is 2. The Kier molecular flexibility index (Phi) is 10.3. The molecule has 0 atom stereocenters. The summed E-state index contributed by atoms with van der Waals surface area (Å²) >= 11 is 0. The molecule has 0 aromatic heterocycles. The van der Waals surface area contributed by atoms with E-state index < -0.39 is 0 Å². The predicted molar refractivity (Wildman–Crippen MR) is 65.0 cm³/mol. The SMILES string of the molecule is CC.NCCCN1CCN(CCO)CC1. The molecule has 0 amide bonds. The largest absolute Gasteiger partial charge is 0.395 e. The highest BCUT2D eigenvalue weighted by molar-refractivity contribution is 4.71. The Balaban J connectivity index is 0.000000921. The van der Waals surface area contributed by atoms with Gasteiger partial charge in [0.25, 0.3) is 0 Å². The molecular formula is C11H27N3O. The van der Waals surface area contributed by atoms with Gasteiger partial charge in [0, 0.05) is 32.7 Å². The lowest BCUT2D eigenvalue weighted by atomic mass is 10.3. The Morgan fingerprint density at radius 1 is 1.00 bits per heavy atom. The molecule has 0 aromatic rings. The molecule has 0 saturated carbocycles. The first kappa shape index (κ1) is 14.8.